The van der Waals surface area contributed by atoms with E-state index in [1.165, 1.54) is 103 Å². The molecule has 0 aromatic rings. The fraction of sp³-hybridized carbons (Fsp3) is 0.818. The lowest BCUT2D eigenvalue weighted by molar-refractivity contribution is 0.528. The molecule has 0 aliphatic rings. The Balaban J connectivity index is 3.00. The van der Waals surface area contributed by atoms with Gasteiger partial charge in [-0.25, -0.2) is 0 Å². The summed E-state index contributed by atoms with van der Waals surface area (Å²) in [5.41, 5.74) is 0.950. The first-order chi connectivity index (χ1) is 11.3. The molecule has 136 valence electrons. The Morgan fingerprint density at radius 2 is 1.00 bits per heavy atom. The van der Waals surface area contributed by atoms with Crippen molar-refractivity contribution in [2.24, 2.45) is 0 Å². The van der Waals surface area contributed by atoms with Gasteiger partial charge in [0.1, 0.15) is 0 Å². The zero-order chi connectivity index (χ0) is 17.0. The molecule has 0 aliphatic heterocycles. The summed E-state index contributed by atoms with van der Waals surface area (Å²) in [5, 5.41) is 3.27. The van der Waals surface area contributed by atoms with E-state index in [-0.39, 0.29) is 0 Å². The second kappa shape index (κ2) is 19.3. The van der Waals surface area contributed by atoms with Gasteiger partial charge in [0.25, 0.3) is 0 Å². The summed E-state index contributed by atoms with van der Waals surface area (Å²) in [6, 6.07) is 0. The normalized spacial score (nSPS) is 10.7. The highest BCUT2D eigenvalue weighted by atomic mass is 14.9. The van der Waals surface area contributed by atoms with Crippen LogP contribution in [0.25, 0.3) is 0 Å². The van der Waals surface area contributed by atoms with Crippen LogP contribution in [0.2, 0.25) is 0 Å². The standard InChI is InChI=1S/C22H43N/c1-4-6-7-8-9-10-11-12-13-14-15-16-17-18-19-20-21-23-22(3)5-2/h5,23H,2-4,6-21H2,1H3. The largest absolute Gasteiger partial charge is 0.386 e. The molecule has 0 saturated heterocycles. The van der Waals surface area contributed by atoms with Gasteiger partial charge in [-0.15, -0.1) is 0 Å². The third-order valence-corrected chi connectivity index (χ3v) is 4.63. The second-order valence-electron chi connectivity index (χ2n) is 6.96. The van der Waals surface area contributed by atoms with E-state index in [9.17, 15) is 0 Å². The van der Waals surface area contributed by atoms with Gasteiger partial charge in [0.2, 0.25) is 0 Å². The Morgan fingerprint density at radius 3 is 1.35 bits per heavy atom. The number of rotatable bonds is 19. The number of hydrogen-bond donors (Lipinski definition) is 1. The average molecular weight is 322 g/mol. The molecule has 0 bridgehead atoms. The van der Waals surface area contributed by atoms with Crippen LogP contribution < -0.4 is 5.32 Å². The molecule has 0 atom stereocenters. The van der Waals surface area contributed by atoms with Crippen molar-refractivity contribution in [3.63, 3.8) is 0 Å². The predicted molar refractivity (Wildman–Crippen MR) is 107 cm³/mol. The van der Waals surface area contributed by atoms with E-state index in [0.29, 0.717) is 0 Å². The number of allylic oxidation sites excluding steroid dienone is 1. The minimum Gasteiger partial charge on any atom is -0.386 e. The van der Waals surface area contributed by atoms with Crippen molar-refractivity contribution >= 4 is 0 Å². The molecule has 0 aliphatic carbocycles. The van der Waals surface area contributed by atoms with Gasteiger partial charge < -0.3 is 5.32 Å². The molecule has 1 nitrogen and oxygen atoms in total. The molecule has 0 aromatic carbocycles. The van der Waals surface area contributed by atoms with Crippen LogP contribution in [0.5, 0.6) is 0 Å². The molecule has 1 heteroatoms. The molecule has 0 fully saturated rings. The SMILES string of the molecule is C=CC(=C)NCCCCCCCCCCCCCCCCCC. The Kier molecular flexibility index (Phi) is 18.7. The fourth-order valence-corrected chi connectivity index (χ4v) is 2.99. The molecule has 0 aromatic heterocycles. The van der Waals surface area contributed by atoms with Gasteiger partial charge in [0.05, 0.1) is 0 Å². The Hall–Kier alpha value is -0.720. The lowest BCUT2D eigenvalue weighted by Gasteiger charge is -2.05. The summed E-state index contributed by atoms with van der Waals surface area (Å²) in [4.78, 5) is 0. The zero-order valence-corrected chi connectivity index (χ0v) is 16.0. The van der Waals surface area contributed by atoms with Crippen LogP contribution in [0.15, 0.2) is 24.9 Å². The predicted octanol–water partition coefficient (Wildman–Crippen LogP) is 7.54. The third-order valence-electron chi connectivity index (χ3n) is 4.63. The highest BCUT2D eigenvalue weighted by molar-refractivity contribution is 5.07. The van der Waals surface area contributed by atoms with Gasteiger partial charge in [-0.3, -0.25) is 0 Å². The van der Waals surface area contributed by atoms with Crippen molar-refractivity contribution in [1.82, 2.24) is 5.32 Å². The summed E-state index contributed by atoms with van der Waals surface area (Å²) in [5.74, 6) is 0. The van der Waals surface area contributed by atoms with Gasteiger partial charge in [0, 0.05) is 12.2 Å². The third kappa shape index (κ3) is 19.2. The van der Waals surface area contributed by atoms with E-state index in [4.69, 9.17) is 0 Å². The second-order valence-corrected chi connectivity index (χ2v) is 6.96. The Labute approximate surface area is 147 Å². The molecule has 0 radical (unpaired) electrons. The first kappa shape index (κ1) is 22.3. The number of unbranched alkanes of at least 4 members (excludes halogenated alkanes) is 15. The summed E-state index contributed by atoms with van der Waals surface area (Å²) in [6.45, 7) is 10.9. The molecule has 0 unspecified atom stereocenters. The van der Waals surface area contributed by atoms with E-state index in [1.54, 1.807) is 6.08 Å². The molecule has 0 amide bonds. The lowest BCUT2D eigenvalue weighted by atomic mass is 10.0. The maximum atomic E-state index is 3.85. The van der Waals surface area contributed by atoms with Crippen LogP contribution in [-0.4, -0.2) is 6.54 Å². The van der Waals surface area contributed by atoms with Gasteiger partial charge in [-0.2, -0.15) is 0 Å². The van der Waals surface area contributed by atoms with Crippen LogP contribution in [0.1, 0.15) is 110 Å². The zero-order valence-electron chi connectivity index (χ0n) is 16.0. The maximum absolute atomic E-state index is 3.85. The summed E-state index contributed by atoms with van der Waals surface area (Å²) < 4.78 is 0. The highest BCUT2D eigenvalue weighted by Gasteiger charge is 1.94. The lowest BCUT2D eigenvalue weighted by Crippen LogP contribution is -2.11. The Morgan fingerprint density at radius 1 is 0.652 bits per heavy atom. The molecule has 1 N–H and O–H groups in total. The van der Waals surface area contributed by atoms with Crippen LogP contribution in [-0.2, 0) is 0 Å². The minimum absolute atomic E-state index is 0.950. The fourth-order valence-electron chi connectivity index (χ4n) is 2.99. The highest BCUT2D eigenvalue weighted by Crippen LogP contribution is 2.13. The maximum Gasteiger partial charge on any atom is 0.0261 e. The molecular weight excluding hydrogens is 278 g/mol. The first-order valence-electron chi connectivity index (χ1n) is 10.4. The molecule has 0 heterocycles. The van der Waals surface area contributed by atoms with Crippen molar-refractivity contribution in [3.05, 3.63) is 24.9 Å². The minimum atomic E-state index is 0.950. The van der Waals surface area contributed by atoms with Crippen LogP contribution >= 0.6 is 0 Å². The van der Waals surface area contributed by atoms with Gasteiger partial charge in [-0.1, -0.05) is 116 Å². The molecule has 0 rings (SSSR count). The molecule has 23 heavy (non-hydrogen) atoms. The van der Waals surface area contributed by atoms with E-state index < -0.39 is 0 Å². The Bertz CT molecular complexity index is 257. The van der Waals surface area contributed by atoms with Crippen molar-refractivity contribution in [1.29, 1.82) is 0 Å². The smallest absolute Gasteiger partial charge is 0.0261 e. The number of hydrogen-bond acceptors (Lipinski definition) is 1. The van der Waals surface area contributed by atoms with Crippen molar-refractivity contribution in [3.8, 4) is 0 Å². The summed E-state index contributed by atoms with van der Waals surface area (Å²) in [7, 11) is 0. The molecule has 0 spiro atoms. The van der Waals surface area contributed by atoms with Crippen LogP contribution in [0, 0.1) is 0 Å². The summed E-state index contributed by atoms with van der Waals surface area (Å²) in [6.07, 6.45) is 24.6. The quantitative estimate of drug-likeness (QED) is 0.191. The van der Waals surface area contributed by atoms with E-state index >= 15 is 0 Å². The number of nitrogens with one attached hydrogen (secondary N) is 1. The van der Waals surface area contributed by atoms with Gasteiger partial charge in [-0.05, 0) is 12.5 Å². The van der Waals surface area contributed by atoms with Gasteiger partial charge >= 0.3 is 0 Å². The first-order valence-corrected chi connectivity index (χ1v) is 10.4. The van der Waals surface area contributed by atoms with E-state index in [2.05, 4.69) is 25.4 Å². The topological polar surface area (TPSA) is 12.0 Å². The molecule has 0 saturated carbocycles. The molecular formula is C22H43N. The summed E-state index contributed by atoms with van der Waals surface area (Å²) >= 11 is 0. The van der Waals surface area contributed by atoms with Crippen molar-refractivity contribution < 1.29 is 0 Å². The monoisotopic (exact) mass is 321 g/mol. The van der Waals surface area contributed by atoms with Gasteiger partial charge in [0.15, 0.2) is 0 Å². The van der Waals surface area contributed by atoms with Crippen LogP contribution in [0.4, 0.5) is 0 Å². The van der Waals surface area contributed by atoms with Crippen LogP contribution in [0.3, 0.4) is 0 Å². The van der Waals surface area contributed by atoms with Crippen molar-refractivity contribution in [2.45, 2.75) is 110 Å². The van der Waals surface area contributed by atoms with Crippen molar-refractivity contribution in [2.75, 3.05) is 6.54 Å². The van der Waals surface area contributed by atoms with E-state index in [0.717, 1.165) is 12.2 Å². The average Bonchev–Trinajstić information content (AvgIpc) is 2.57. The van der Waals surface area contributed by atoms with E-state index in [1.807, 2.05) is 0 Å².